The second-order valence-corrected chi connectivity index (χ2v) is 5.41. The molecule has 2 N–H and O–H groups in total. The normalized spacial score (nSPS) is 11.1. The summed E-state index contributed by atoms with van der Waals surface area (Å²) in [6.07, 6.45) is 2.29. The maximum Gasteiger partial charge on any atom is 0.226 e. The standard InChI is InChI=1S/C17H24FN5O.HI/c1-3-19-17(20-10-5-8-16-22-13(2)23-24-16)21-11-9-14-6-4-7-15(18)12-14;/h4,6-7,12H,3,5,8-11H2,1-2H3,(H2,19,20,21);1H. The molecule has 0 saturated carbocycles. The number of nitrogens with zero attached hydrogens (tertiary/aromatic N) is 3. The summed E-state index contributed by atoms with van der Waals surface area (Å²) < 4.78 is 18.2. The fourth-order valence-electron chi connectivity index (χ4n) is 2.22. The molecular weight excluding hydrogens is 436 g/mol. The van der Waals surface area contributed by atoms with E-state index in [0.717, 1.165) is 30.9 Å². The Bertz CT molecular complexity index is 662. The lowest BCUT2D eigenvalue weighted by molar-refractivity contribution is 0.372. The van der Waals surface area contributed by atoms with Gasteiger partial charge in [0.05, 0.1) is 0 Å². The summed E-state index contributed by atoms with van der Waals surface area (Å²) in [5, 5.41) is 10.2. The van der Waals surface area contributed by atoms with Gasteiger partial charge in [0.15, 0.2) is 11.8 Å². The number of nitrogens with one attached hydrogen (secondary N) is 2. The highest BCUT2D eigenvalue weighted by Crippen LogP contribution is 2.03. The van der Waals surface area contributed by atoms with Crippen molar-refractivity contribution in [2.75, 3.05) is 19.6 Å². The maximum absolute atomic E-state index is 13.1. The van der Waals surface area contributed by atoms with Crippen LogP contribution in [0.15, 0.2) is 33.8 Å². The average molecular weight is 461 g/mol. The number of aromatic nitrogens is 2. The smallest absolute Gasteiger partial charge is 0.226 e. The van der Waals surface area contributed by atoms with Crippen LogP contribution in [0.1, 0.15) is 30.6 Å². The first kappa shape index (κ1) is 21.3. The molecule has 138 valence electrons. The summed E-state index contributed by atoms with van der Waals surface area (Å²) in [6.45, 7) is 5.96. The summed E-state index contributed by atoms with van der Waals surface area (Å²) in [5.74, 6) is 1.85. The van der Waals surface area contributed by atoms with E-state index in [1.54, 1.807) is 19.1 Å². The number of hydrogen-bond acceptors (Lipinski definition) is 4. The topological polar surface area (TPSA) is 75.3 Å². The van der Waals surface area contributed by atoms with Crippen LogP contribution in [0.3, 0.4) is 0 Å². The lowest BCUT2D eigenvalue weighted by atomic mass is 10.1. The van der Waals surface area contributed by atoms with Crippen LogP contribution in [0.5, 0.6) is 0 Å². The van der Waals surface area contributed by atoms with E-state index in [0.29, 0.717) is 31.2 Å². The Morgan fingerprint density at radius 3 is 2.80 bits per heavy atom. The van der Waals surface area contributed by atoms with Gasteiger partial charge in [-0.25, -0.2) is 4.39 Å². The first-order chi connectivity index (χ1) is 11.7. The summed E-state index contributed by atoms with van der Waals surface area (Å²) in [7, 11) is 0. The van der Waals surface area contributed by atoms with Gasteiger partial charge in [0.1, 0.15) is 5.82 Å². The zero-order chi connectivity index (χ0) is 17.2. The number of halogens is 2. The van der Waals surface area contributed by atoms with Gasteiger partial charge in [-0.1, -0.05) is 17.3 Å². The van der Waals surface area contributed by atoms with Gasteiger partial charge >= 0.3 is 0 Å². The molecule has 8 heteroatoms. The predicted octanol–water partition coefficient (Wildman–Crippen LogP) is 2.87. The Balaban J connectivity index is 0.00000312. The molecule has 1 heterocycles. The van der Waals surface area contributed by atoms with Gasteiger partial charge in [0.25, 0.3) is 0 Å². The van der Waals surface area contributed by atoms with Crippen molar-refractivity contribution in [3.63, 3.8) is 0 Å². The van der Waals surface area contributed by atoms with E-state index in [4.69, 9.17) is 4.52 Å². The van der Waals surface area contributed by atoms with E-state index in [2.05, 4.69) is 25.8 Å². The van der Waals surface area contributed by atoms with E-state index in [9.17, 15) is 4.39 Å². The van der Waals surface area contributed by atoms with Crippen LogP contribution in [0.4, 0.5) is 4.39 Å². The Hall–Kier alpha value is -1.71. The fourth-order valence-corrected chi connectivity index (χ4v) is 2.22. The molecule has 0 aliphatic heterocycles. The van der Waals surface area contributed by atoms with Gasteiger partial charge in [0, 0.05) is 26.1 Å². The Morgan fingerprint density at radius 2 is 2.12 bits per heavy atom. The lowest BCUT2D eigenvalue weighted by Gasteiger charge is -2.11. The third kappa shape index (κ3) is 8.28. The van der Waals surface area contributed by atoms with Gasteiger partial charge in [-0.05, 0) is 44.4 Å². The molecule has 0 amide bonds. The molecule has 25 heavy (non-hydrogen) atoms. The van der Waals surface area contributed by atoms with E-state index in [-0.39, 0.29) is 29.8 Å². The predicted molar refractivity (Wildman–Crippen MR) is 107 cm³/mol. The van der Waals surface area contributed by atoms with Crippen LogP contribution in [0.2, 0.25) is 0 Å². The van der Waals surface area contributed by atoms with E-state index < -0.39 is 0 Å². The molecule has 2 aromatic rings. The number of aryl methyl sites for hydroxylation is 2. The molecule has 0 radical (unpaired) electrons. The fraction of sp³-hybridized carbons (Fsp3) is 0.471. The van der Waals surface area contributed by atoms with Crippen LogP contribution in [-0.4, -0.2) is 35.7 Å². The molecule has 0 fully saturated rings. The van der Waals surface area contributed by atoms with Crippen molar-refractivity contribution in [3.8, 4) is 0 Å². The van der Waals surface area contributed by atoms with Crippen molar-refractivity contribution in [2.45, 2.75) is 33.1 Å². The first-order valence-corrected chi connectivity index (χ1v) is 8.23. The lowest BCUT2D eigenvalue weighted by Crippen LogP contribution is -2.38. The third-order valence-electron chi connectivity index (χ3n) is 3.33. The van der Waals surface area contributed by atoms with Gasteiger partial charge in [-0.3, -0.25) is 4.99 Å². The molecular formula is C17H25FIN5O. The number of aliphatic imine (C=N–C) groups is 1. The molecule has 0 atom stereocenters. The minimum absolute atomic E-state index is 0. The number of rotatable bonds is 8. The molecule has 0 aliphatic carbocycles. The zero-order valence-corrected chi connectivity index (χ0v) is 16.9. The van der Waals surface area contributed by atoms with Crippen molar-refractivity contribution < 1.29 is 8.91 Å². The molecule has 1 aromatic heterocycles. The van der Waals surface area contributed by atoms with Gasteiger partial charge in [-0.15, -0.1) is 24.0 Å². The molecule has 0 saturated heterocycles. The second kappa shape index (κ2) is 11.8. The van der Waals surface area contributed by atoms with Crippen molar-refractivity contribution >= 4 is 29.9 Å². The van der Waals surface area contributed by atoms with Crippen LogP contribution >= 0.6 is 24.0 Å². The highest BCUT2D eigenvalue weighted by molar-refractivity contribution is 14.0. The summed E-state index contributed by atoms with van der Waals surface area (Å²) in [5.41, 5.74) is 0.963. The second-order valence-electron chi connectivity index (χ2n) is 5.41. The largest absolute Gasteiger partial charge is 0.357 e. The highest BCUT2D eigenvalue weighted by atomic mass is 127. The van der Waals surface area contributed by atoms with Crippen molar-refractivity contribution in [3.05, 3.63) is 47.4 Å². The van der Waals surface area contributed by atoms with Crippen molar-refractivity contribution in [1.29, 1.82) is 0 Å². The SMILES string of the molecule is CCNC(=NCCCc1nc(C)no1)NCCc1cccc(F)c1.I. The van der Waals surface area contributed by atoms with E-state index >= 15 is 0 Å². The number of hydrogen-bond donors (Lipinski definition) is 2. The molecule has 0 bridgehead atoms. The first-order valence-electron chi connectivity index (χ1n) is 8.23. The monoisotopic (exact) mass is 461 g/mol. The Morgan fingerprint density at radius 1 is 1.28 bits per heavy atom. The van der Waals surface area contributed by atoms with Crippen LogP contribution < -0.4 is 10.6 Å². The summed E-state index contributed by atoms with van der Waals surface area (Å²) in [4.78, 5) is 8.68. The molecule has 0 unspecified atom stereocenters. The van der Waals surface area contributed by atoms with Crippen LogP contribution in [-0.2, 0) is 12.8 Å². The van der Waals surface area contributed by atoms with E-state index in [1.807, 2.05) is 13.0 Å². The van der Waals surface area contributed by atoms with Gasteiger partial charge in [-0.2, -0.15) is 4.98 Å². The van der Waals surface area contributed by atoms with Gasteiger partial charge in [0.2, 0.25) is 5.89 Å². The van der Waals surface area contributed by atoms with Crippen LogP contribution in [0, 0.1) is 12.7 Å². The molecule has 0 aliphatic rings. The molecule has 2 rings (SSSR count). The third-order valence-corrected chi connectivity index (χ3v) is 3.33. The highest BCUT2D eigenvalue weighted by Gasteiger charge is 2.02. The summed E-state index contributed by atoms with van der Waals surface area (Å²) >= 11 is 0. The Kier molecular flexibility index (Phi) is 10.0. The number of guanidine groups is 1. The average Bonchev–Trinajstić information content (AvgIpc) is 2.97. The number of benzene rings is 1. The minimum atomic E-state index is -0.204. The van der Waals surface area contributed by atoms with Crippen molar-refractivity contribution in [1.82, 2.24) is 20.8 Å². The molecule has 1 aromatic carbocycles. The zero-order valence-electron chi connectivity index (χ0n) is 14.6. The minimum Gasteiger partial charge on any atom is -0.357 e. The molecule has 0 spiro atoms. The van der Waals surface area contributed by atoms with Crippen molar-refractivity contribution in [2.24, 2.45) is 4.99 Å². The van der Waals surface area contributed by atoms with Crippen LogP contribution in [0.25, 0.3) is 0 Å². The molecule has 6 nitrogen and oxygen atoms in total. The van der Waals surface area contributed by atoms with Gasteiger partial charge < -0.3 is 15.2 Å². The summed E-state index contributed by atoms with van der Waals surface area (Å²) in [6, 6.07) is 6.65. The quantitative estimate of drug-likeness (QED) is 0.274. The Labute approximate surface area is 164 Å². The maximum atomic E-state index is 13.1. The van der Waals surface area contributed by atoms with E-state index in [1.165, 1.54) is 6.07 Å².